The summed E-state index contributed by atoms with van der Waals surface area (Å²) >= 11 is 1.38. The number of nitrogens with zero attached hydrogens (tertiary/aromatic N) is 1. The van der Waals surface area contributed by atoms with Gasteiger partial charge in [0.2, 0.25) is 5.91 Å². The van der Waals surface area contributed by atoms with Crippen molar-refractivity contribution in [2.45, 2.75) is 19.1 Å². The van der Waals surface area contributed by atoms with Crippen LogP contribution in [-0.2, 0) is 14.3 Å². The Kier molecular flexibility index (Phi) is 3.89. The number of aliphatic carboxylic acids is 1. The number of hydrogen-bond acceptors (Lipinski definition) is 5. The van der Waals surface area contributed by atoms with Gasteiger partial charge < -0.3 is 15.2 Å². The van der Waals surface area contributed by atoms with E-state index in [0.717, 1.165) is 16.1 Å². The molecule has 3 heterocycles. The smallest absolute Gasteiger partial charge is 0.310 e. The number of hydrogen-bond donors (Lipinski definition) is 2. The molecule has 0 spiro atoms. The lowest BCUT2D eigenvalue weighted by molar-refractivity contribution is -0.145. The van der Waals surface area contributed by atoms with Crippen LogP contribution < -0.4 is 5.32 Å². The first-order valence-electron chi connectivity index (χ1n) is 7.95. The number of carboxylic acids is 1. The number of carbonyl (C=O) groups excluding carboxylic acids is 1. The van der Waals surface area contributed by atoms with Crippen LogP contribution >= 0.6 is 11.3 Å². The molecule has 2 aliphatic heterocycles. The number of ether oxygens (including phenoxy) is 1. The first kappa shape index (κ1) is 16.0. The summed E-state index contributed by atoms with van der Waals surface area (Å²) in [5.74, 6) is -2.98. The maximum Gasteiger partial charge on any atom is 0.310 e. The standard InChI is InChI=1S/C18H16N2O4S/c1-9-15(10-5-3-2-4-6-10)19-18(25-9)20-16(21)13-11-7-8-12(24-11)14(13)17(22)23/h2-8,11-14H,1H3,(H,22,23)(H,19,20,21)/t11-,12-,13+,14+/m1/s1. The Labute approximate surface area is 148 Å². The third-order valence-corrected chi connectivity index (χ3v) is 5.45. The average Bonchev–Trinajstić information content (AvgIpc) is 3.29. The van der Waals surface area contributed by atoms with Crippen LogP contribution in [0.4, 0.5) is 5.13 Å². The fraction of sp³-hybridized carbons (Fsp3) is 0.278. The topological polar surface area (TPSA) is 88.5 Å². The zero-order chi connectivity index (χ0) is 17.6. The second-order valence-corrected chi connectivity index (χ2v) is 7.32. The molecule has 4 atom stereocenters. The summed E-state index contributed by atoms with van der Waals surface area (Å²) in [6.45, 7) is 1.94. The van der Waals surface area contributed by atoms with Crippen molar-refractivity contribution in [1.29, 1.82) is 0 Å². The highest BCUT2D eigenvalue weighted by Gasteiger charge is 2.53. The molecule has 1 aromatic heterocycles. The van der Waals surface area contributed by atoms with Crippen molar-refractivity contribution in [3.05, 3.63) is 47.4 Å². The highest BCUT2D eigenvalue weighted by atomic mass is 32.1. The monoisotopic (exact) mass is 356 g/mol. The van der Waals surface area contributed by atoms with E-state index in [2.05, 4.69) is 10.3 Å². The lowest BCUT2D eigenvalue weighted by Crippen LogP contribution is -2.39. The Morgan fingerprint density at radius 2 is 1.84 bits per heavy atom. The Balaban J connectivity index is 1.56. The van der Waals surface area contributed by atoms with E-state index in [1.807, 2.05) is 37.3 Å². The Hall–Kier alpha value is -2.51. The van der Waals surface area contributed by atoms with Gasteiger partial charge in [0.25, 0.3) is 0 Å². The van der Waals surface area contributed by atoms with Gasteiger partial charge in [-0.1, -0.05) is 42.5 Å². The molecule has 2 aromatic rings. The molecular weight excluding hydrogens is 340 g/mol. The molecular formula is C18H16N2O4S. The van der Waals surface area contributed by atoms with Gasteiger partial charge in [0.1, 0.15) is 5.92 Å². The first-order valence-corrected chi connectivity index (χ1v) is 8.76. The normalized spacial score (nSPS) is 26.8. The second-order valence-electron chi connectivity index (χ2n) is 6.12. The number of carboxylic acid groups (broad SMARTS) is 1. The van der Waals surface area contributed by atoms with Crippen LogP contribution in [0.25, 0.3) is 11.3 Å². The lowest BCUT2D eigenvalue weighted by Gasteiger charge is -2.20. The predicted molar refractivity (Wildman–Crippen MR) is 93.3 cm³/mol. The maximum atomic E-state index is 12.7. The molecule has 2 aliphatic rings. The highest BCUT2D eigenvalue weighted by Crippen LogP contribution is 2.40. The largest absolute Gasteiger partial charge is 0.481 e. The summed E-state index contributed by atoms with van der Waals surface area (Å²) < 4.78 is 5.55. The van der Waals surface area contributed by atoms with Gasteiger partial charge in [-0.25, -0.2) is 4.98 Å². The van der Waals surface area contributed by atoms with E-state index in [0.29, 0.717) is 5.13 Å². The van der Waals surface area contributed by atoms with E-state index < -0.39 is 30.0 Å². The van der Waals surface area contributed by atoms with Crippen LogP contribution in [0.3, 0.4) is 0 Å². The molecule has 0 radical (unpaired) electrons. The van der Waals surface area contributed by atoms with Gasteiger partial charge >= 0.3 is 5.97 Å². The van der Waals surface area contributed by atoms with Crippen molar-refractivity contribution in [2.24, 2.45) is 11.8 Å². The summed E-state index contributed by atoms with van der Waals surface area (Å²) in [5, 5.41) is 12.7. The average molecular weight is 356 g/mol. The van der Waals surface area contributed by atoms with Crippen molar-refractivity contribution in [1.82, 2.24) is 4.98 Å². The molecule has 2 bridgehead atoms. The number of benzene rings is 1. The highest BCUT2D eigenvalue weighted by molar-refractivity contribution is 7.16. The summed E-state index contributed by atoms with van der Waals surface area (Å²) in [4.78, 5) is 29.6. The zero-order valence-corrected chi connectivity index (χ0v) is 14.2. The molecule has 2 N–H and O–H groups in total. The van der Waals surface area contributed by atoms with Crippen molar-refractivity contribution < 1.29 is 19.4 Å². The Bertz CT molecular complexity index is 861. The van der Waals surface area contributed by atoms with Crippen LogP contribution in [0.15, 0.2) is 42.5 Å². The van der Waals surface area contributed by atoms with Gasteiger partial charge in [-0.15, -0.1) is 11.3 Å². The molecule has 1 fully saturated rings. The third-order valence-electron chi connectivity index (χ3n) is 4.56. The molecule has 1 amide bonds. The molecule has 25 heavy (non-hydrogen) atoms. The quantitative estimate of drug-likeness (QED) is 0.823. The van der Waals surface area contributed by atoms with Gasteiger partial charge in [0.05, 0.1) is 23.8 Å². The van der Waals surface area contributed by atoms with Gasteiger partial charge in [-0.3, -0.25) is 9.59 Å². The van der Waals surface area contributed by atoms with Crippen LogP contribution in [0.2, 0.25) is 0 Å². The van der Waals surface area contributed by atoms with E-state index in [4.69, 9.17) is 4.74 Å². The van der Waals surface area contributed by atoms with Crippen molar-refractivity contribution in [2.75, 3.05) is 5.32 Å². The zero-order valence-electron chi connectivity index (χ0n) is 13.4. The summed E-state index contributed by atoms with van der Waals surface area (Å²) in [6, 6.07) is 9.72. The van der Waals surface area contributed by atoms with E-state index in [1.54, 1.807) is 12.2 Å². The minimum absolute atomic E-state index is 0.363. The van der Waals surface area contributed by atoms with Crippen molar-refractivity contribution in [3.63, 3.8) is 0 Å². The fourth-order valence-corrected chi connectivity index (χ4v) is 4.26. The predicted octanol–water partition coefficient (Wildman–Crippen LogP) is 2.71. The molecule has 6 nitrogen and oxygen atoms in total. The molecule has 0 unspecified atom stereocenters. The van der Waals surface area contributed by atoms with Crippen LogP contribution in [-0.4, -0.2) is 34.2 Å². The van der Waals surface area contributed by atoms with E-state index >= 15 is 0 Å². The van der Waals surface area contributed by atoms with Crippen molar-refractivity contribution >= 4 is 28.3 Å². The van der Waals surface area contributed by atoms with Gasteiger partial charge in [0.15, 0.2) is 5.13 Å². The summed E-state index contributed by atoms with van der Waals surface area (Å²) in [6.07, 6.45) is 2.46. The number of nitrogens with one attached hydrogen (secondary N) is 1. The van der Waals surface area contributed by atoms with Crippen LogP contribution in [0.5, 0.6) is 0 Å². The molecule has 1 saturated heterocycles. The SMILES string of the molecule is Cc1sc(NC(=O)[C@@H]2[C@@H](C(=O)O)[C@H]3C=C[C@H]2O3)nc1-c1ccccc1. The first-order chi connectivity index (χ1) is 12.0. The Morgan fingerprint density at radius 1 is 1.16 bits per heavy atom. The molecule has 7 heteroatoms. The minimum atomic E-state index is -1.02. The molecule has 0 aliphatic carbocycles. The number of anilines is 1. The molecule has 128 valence electrons. The number of fused-ring (bicyclic) bond motifs is 2. The summed E-state index contributed by atoms with van der Waals surface area (Å²) in [5.41, 5.74) is 1.80. The lowest BCUT2D eigenvalue weighted by atomic mass is 9.82. The number of carbonyl (C=O) groups is 2. The third kappa shape index (κ3) is 2.75. The van der Waals surface area contributed by atoms with E-state index in [-0.39, 0.29) is 5.91 Å². The number of thiazole rings is 1. The second kappa shape index (κ2) is 6.09. The van der Waals surface area contributed by atoms with E-state index in [9.17, 15) is 14.7 Å². The molecule has 1 aromatic carbocycles. The molecule has 0 saturated carbocycles. The summed E-state index contributed by atoms with van der Waals surface area (Å²) in [7, 11) is 0. The van der Waals surface area contributed by atoms with E-state index in [1.165, 1.54) is 11.3 Å². The Morgan fingerprint density at radius 3 is 2.52 bits per heavy atom. The molecule has 4 rings (SSSR count). The maximum absolute atomic E-state index is 12.7. The number of aryl methyl sites for hydroxylation is 1. The van der Waals surface area contributed by atoms with Crippen LogP contribution in [0, 0.1) is 18.8 Å². The number of amides is 1. The minimum Gasteiger partial charge on any atom is -0.481 e. The number of rotatable bonds is 4. The van der Waals surface area contributed by atoms with Gasteiger partial charge in [0, 0.05) is 10.4 Å². The van der Waals surface area contributed by atoms with Gasteiger partial charge in [-0.2, -0.15) is 0 Å². The van der Waals surface area contributed by atoms with Crippen LogP contribution in [0.1, 0.15) is 4.88 Å². The fourth-order valence-electron chi connectivity index (χ4n) is 3.42. The van der Waals surface area contributed by atoms with Gasteiger partial charge in [-0.05, 0) is 6.92 Å². The number of aromatic nitrogens is 1. The van der Waals surface area contributed by atoms with Crippen molar-refractivity contribution in [3.8, 4) is 11.3 Å².